The molecule has 4 heteroatoms. The van der Waals surface area contributed by atoms with Crippen molar-refractivity contribution in [3.63, 3.8) is 0 Å². The molecule has 0 saturated carbocycles. The molecular formula is CrO2Ti. The van der Waals surface area contributed by atoms with Crippen LogP contribution < -0.4 is 0 Å². The molecule has 0 aromatic heterocycles. The van der Waals surface area contributed by atoms with Crippen LogP contribution >= 0.6 is 0 Å². The number of rotatable bonds is 0. The second-order valence-electron chi connectivity index (χ2n) is 0. The zero-order valence-electron chi connectivity index (χ0n) is 1.72. The van der Waals surface area contributed by atoms with Crippen LogP contribution in [0.15, 0.2) is 0 Å². The Balaban J connectivity index is 0. The monoisotopic (exact) mass is 132 g/mol. The number of hydrogen-bond donors (Lipinski definition) is 0. The van der Waals surface area contributed by atoms with Gasteiger partial charge in [-0.2, -0.15) is 0 Å². The minimum absolute atomic E-state index is 0. The summed E-state index contributed by atoms with van der Waals surface area (Å²) >= 11 is 0. The Hall–Kier alpha value is 1.17. The molecule has 0 atom stereocenters. The van der Waals surface area contributed by atoms with Crippen molar-refractivity contribution in [2.75, 3.05) is 0 Å². The maximum Gasteiger partial charge on any atom is 4.00 e. The third-order valence-corrected chi connectivity index (χ3v) is 0. The van der Waals surface area contributed by atoms with Gasteiger partial charge in [-0.25, -0.2) is 0 Å². The molecule has 0 aliphatic rings. The second kappa shape index (κ2) is 30.7. The van der Waals surface area contributed by atoms with Gasteiger partial charge in [-0.15, -0.1) is 0 Å². The van der Waals surface area contributed by atoms with Crippen molar-refractivity contribution in [1.82, 2.24) is 0 Å². The van der Waals surface area contributed by atoms with E-state index in [4.69, 9.17) is 0 Å². The third-order valence-electron chi connectivity index (χ3n) is 0. The average molecular weight is 132 g/mol. The molecule has 0 unspecified atom stereocenters. The molecule has 0 rings (SSSR count). The molecule has 0 aromatic carbocycles. The summed E-state index contributed by atoms with van der Waals surface area (Å²) in [5, 5.41) is 0. The van der Waals surface area contributed by atoms with Crippen LogP contribution in [0, 0.1) is 0 Å². The third kappa shape index (κ3) is 10.9. The molecule has 0 fully saturated rings. The van der Waals surface area contributed by atoms with E-state index >= 15 is 0 Å². The van der Waals surface area contributed by atoms with Crippen LogP contribution in [-0.2, 0) is 50.0 Å². The van der Waals surface area contributed by atoms with Crippen molar-refractivity contribution in [1.29, 1.82) is 0 Å². The summed E-state index contributed by atoms with van der Waals surface area (Å²) in [7, 11) is 0. The molecule has 0 aliphatic heterocycles. The summed E-state index contributed by atoms with van der Waals surface area (Å²) in [6.07, 6.45) is 0. The first-order valence-corrected chi connectivity index (χ1v) is 0. The van der Waals surface area contributed by atoms with E-state index < -0.39 is 0 Å². The molecule has 0 saturated heterocycles. The van der Waals surface area contributed by atoms with E-state index in [1.54, 1.807) is 0 Å². The molecular weight excluding hydrogens is 132 g/mol. The maximum atomic E-state index is 0. The van der Waals surface area contributed by atoms with E-state index in [1.807, 2.05) is 0 Å². The van der Waals surface area contributed by atoms with Crippen LogP contribution in [-0.4, -0.2) is 0 Å². The Labute approximate surface area is 50.2 Å². The topological polar surface area (TPSA) is 57.0 Å². The van der Waals surface area contributed by atoms with Gasteiger partial charge in [0.15, 0.2) is 0 Å². The minimum Gasteiger partial charge on any atom is -2.00 e. The minimum atomic E-state index is 0. The summed E-state index contributed by atoms with van der Waals surface area (Å²) in [5.41, 5.74) is 0. The van der Waals surface area contributed by atoms with Crippen molar-refractivity contribution < 1.29 is 50.0 Å². The van der Waals surface area contributed by atoms with Crippen LogP contribution in [0.3, 0.4) is 0 Å². The molecule has 0 N–H and O–H groups in total. The van der Waals surface area contributed by atoms with Crippen LogP contribution in [0.1, 0.15) is 0 Å². The number of hydrogen-bond acceptors (Lipinski definition) is 0. The summed E-state index contributed by atoms with van der Waals surface area (Å²) in [4.78, 5) is 0. The average Bonchev–Trinajstić information content (AvgIpc) is 0. The fourth-order valence-electron chi connectivity index (χ4n) is 0. The summed E-state index contributed by atoms with van der Waals surface area (Å²) in [6, 6.07) is 0. The Morgan fingerprint density at radius 2 is 0.750 bits per heavy atom. The summed E-state index contributed by atoms with van der Waals surface area (Å²) in [5.74, 6) is 0. The van der Waals surface area contributed by atoms with Gasteiger partial charge in [-0.1, -0.05) is 0 Å². The van der Waals surface area contributed by atoms with Gasteiger partial charge in [0.05, 0.1) is 0 Å². The van der Waals surface area contributed by atoms with E-state index in [0.717, 1.165) is 0 Å². The van der Waals surface area contributed by atoms with Gasteiger partial charge in [0.1, 0.15) is 0 Å². The maximum absolute atomic E-state index is 0. The molecule has 0 radical (unpaired) electrons. The fourth-order valence-corrected chi connectivity index (χ4v) is 0. The molecule has 0 spiro atoms. The van der Waals surface area contributed by atoms with E-state index in [9.17, 15) is 0 Å². The zero-order valence-corrected chi connectivity index (χ0v) is 4.56. The van der Waals surface area contributed by atoms with Crippen molar-refractivity contribution >= 4 is 0 Å². The summed E-state index contributed by atoms with van der Waals surface area (Å²) in [6.45, 7) is 0. The van der Waals surface area contributed by atoms with Gasteiger partial charge in [-0.05, 0) is 0 Å². The van der Waals surface area contributed by atoms with Crippen molar-refractivity contribution in [3.05, 3.63) is 0 Å². The SMILES string of the molecule is [Cr].[O-2].[O-2].[Ti+4]. The van der Waals surface area contributed by atoms with Gasteiger partial charge in [-0.3, -0.25) is 0 Å². The van der Waals surface area contributed by atoms with Gasteiger partial charge < -0.3 is 11.0 Å². The Kier molecular flexibility index (Phi) is 506. The first-order chi connectivity index (χ1) is 0. The Morgan fingerprint density at radius 3 is 0.750 bits per heavy atom. The molecule has 2 nitrogen and oxygen atoms in total. The van der Waals surface area contributed by atoms with E-state index in [0.29, 0.717) is 0 Å². The molecule has 0 amide bonds. The van der Waals surface area contributed by atoms with E-state index in [2.05, 4.69) is 0 Å². The predicted molar refractivity (Wildman–Crippen MR) is 1.37 cm³/mol. The molecule has 0 aliphatic carbocycles. The normalized spacial score (nSPS) is 0. The van der Waals surface area contributed by atoms with Gasteiger partial charge in [0, 0.05) is 17.4 Å². The van der Waals surface area contributed by atoms with E-state index in [1.165, 1.54) is 0 Å². The standard InChI is InChI=1S/Cr.2O.Ti/q;2*-2;+4. The van der Waals surface area contributed by atoms with Crippen LogP contribution in [0.4, 0.5) is 0 Å². The van der Waals surface area contributed by atoms with Crippen molar-refractivity contribution in [2.24, 2.45) is 0 Å². The summed E-state index contributed by atoms with van der Waals surface area (Å²) < 4.78 is 0. The molecule has 4 heavy (non-hydrogen) atoms. The van der Waals surface area contributed by atoms with Crippen LogP contribution in [0.5, 0.6) is 0 Å². The first-order valence-electron chi connectivity index (χ1n) is 0. The Morgan fingerprint density at radius 1 is 0.750 bits per heavy atom. The van der Waals surface area contributed by atoms with Crippen molar-refractivity contribution in [2.45, 2.75) is 0 Å². The zero-order chi connectivity index (χ0) is 0. The molecule has 0 bridgehead atoms. The van der Waals surface area contributed by atoms with Gasteiger partial charge in [0.2, 0.25) is 0 Å². The molecule has 0 heterocycles. The second-order valence-corrected chi connectivity index (χ2v) is 0. The largest absolute Gasteiger partial charge is 4.00 e. The van der Waals surface area contributed by atoms with Crippen LogP contribution in [0.2, 0.25) is 0 Å². The van der Waals surface area contributed by atoms with E-state index in [-0.39, 0.29) is 50.0 Å². The Bertz CT molecular complexity index is 6.00. The quantitative estimate of drug-likeness (QED) is 0.408. The van der Waals surface area contributed by atoms with Crippen LogP contribution in [0.25, 0.3) is 0 Å². The fraction of sp³-hybridized carbons (Fsp3) is 0. The molecule has 0 aromatic rings. The smallest absolute Gasteiger partial charge is 2.00 e. The molecule has 22 valence electrons. The van der Waals surface area contributed by atoms with Gasteiger partial charge >= 0.3 is 21.7 Å². The first kappa shape index (κ1) is 65.9. The predicted octanol–water partition coefficient (Wildman–Crippen LogP) is -0.243. The van der Waals surface area contributed by atoms with Gasteiger partial charge in [0.25, 0.3) is 0 Å². The van der Waals surface area contributed by atoms with Crippen molar-refractivity contribution in [3.8, 4) is 0 Å².